The summed E-state index contributed by atoms with van der Waals surface area (Å²) in [6, 6.07) is 4.91. The first-order valence-electron chi connectivity index (χ1n) is 14.2. The first-order chi connectivity index (χ1) is 18.8. The van der Waals surface area contributed by atoms with Crippen molar-refractivity contribution in [3.05, 3.63) is 48.0 Å². The number of aromatic amines is 1. The van der Waals surface area contributed by atoms with Gasteiger partial charge in [-0.05, 0) is 55.2 Å². The quantitative estimate of drug-likeness (QED) is 0.200. The molecule has 0 radical (unpaired) electrons. The Hall–Kier alpha value is -2.66. The Morgan fingerprint density at radius 3 is 2.35 bits per heavy atom. The maximum absolute atomic E-state index is 13.6. The minimum absolute atomic E-state index is 0. The van der Waals surface area contributed by atoms with Crippen LogP contribution >= 0.6 is 12.4 Å². The number of aliphatic hydroxyl groups is 2. The highest BCUT2D eigenvalue weighted by atomic mass is 35.5. The molecule has 0 bridgehead atoms. The lowest BCUT2D eigenvalue weighted by atomic mass is 9.82. The van der Waals surface area contributed by atoms with E-state index < -0.39 is 42.1 Å². The van der Waals surface area contributed by atoms with Crippen LogP contribution in [0.4, 0.5) is 0 Å². The SMILES string of the molecule is COc1ccc(C[C@H](N)C(=O)N[C@@H](Cc2cnc[nH]2)C(=O)N[C@@H](CC2CCCCC2)[C@@H](O)[C@@H](O)C2CC2)cc1.Cl. The number of rotatable bonds is 14. The predicted octanol–water partition coefficient (Wildman–Crippen LogP) is 2.02. The normalized spacial score (nSPS) is 19.4. The van der Waals surface area contributed by atoms with Gasteiger partial charge in [-0.2, -0.15) is 0 Å². The number of nitrogens with two attached hydrogens (primary N) is 1. The van der Waals surface area contributed by atoms with Crippen molar-refractivity contribution in [1.82, 2.24) is 20.6 Å². The van der Waals surface area contributed by atoms with Crippen LogP contribution in [-0.4, -0.2) is 69.4 Å². The van der Waals surface area contributed by atoms with E-state index in [4.69, 9.17) is 10.5 Å². The highest BCUT2D eigenvalue weighted by Crippen LogP contribution is 2.36. The number of hydrogen-bond donors (Lipinski definition) is 6. The van der Waals surface area contributed by atoms with Crippen LogP contribution in [0.3, 0.4) is 0 Å². The zero-order valence-corrected chi connectivity index (χ0v) is 23.9. The van der Waals surface area contributed by atoms with Crippen molar-refractivity contribution in [2.45, 2.75) is 94.5 Å². The standard InChI is InChI=1S/C29H43N5O5.ClH/c1-39-22-11-7-19(8-12-22)13-23(30)28(37)34-25(15-21-16-31-17-32-21)29(38)33-24(14-18-5-3-2-4-6-18)27(36)26(35)20-9-10-20;/h7-8,11-12,16-18,20,23-27,35-36H,2-6,9-10,13-15,30H2,1H3,(H,31,32)(H,33,38)(H,34,37);1H/t23-,24-,25-,26-,27+;/m0./s1. The van der Waals surface area contributed by atoms with Gasteiger partial charge in [0.1, 0.15) is 17.9 Å². The summed E-state index contributed by atoms with van der Waals surface area (Å²) < 4.78 is 5.18. The summed E-state index contributed by atoms with van der Waals surface area (Å²) in [7, 11) is 1.59. The number of nitrogens with one attached hydrogen (secondary N) is 3. The van der Waals surface area contributed by atoms with Crippen molar-refractivity contribution in [3.8, 4) is 5.75 Å². The number of amides is 2. The van der Waals surface area contributed by atoms with E-state index in [0.29, 0.717) is 30.2 Å². The lowest BCUT2D eigenvalue weighted by Gasteiger charge is -2.33. The zero-order valence-electron chi connectivity index (χ0n) is 23.1. The molecule has 4 rings (SSSR count). The summed E-state index contributed by atoms with van der Waals surface area (Å²) in [4.78, 5) is 33.7. The Kier molecular flexibility index (Phi) is 12.2. The number of methoxy groups -OCH3 is 1. The summed E-state index contributed by atoms with van der Waals surface area (Å²) in [6.45, 7) is 0. The van der Waals surface area contributed by atoms with Crippen LogP contribution in [0, 0.1) is 11.8 Å². The number of carbonyl (C=O) groups is 2. The van der Waals surface area contributed by atoms with E-state index in [9.17, 15) is 19.8 Å². The monoisotopic (exact) mass is 577 g/mol. The lowest BCUT2D eigenvalue weighted by Crippen LogP contribution is -2.57. The number of halogens is 1. The Bertz CT molecular complexity index is 1040. The molecule has 2 saturated carbocycles. The smallest absolute Gasteiger partial charge is 0.243 e. The number of carbonyl (C=O) groups excluding carboxylic acids is 2. The molecule has 222 valence electrons. The van der Waals surface area contributed by atoms with Gasteiger partial charge in [-0.3, -0.25) is 9.59 Å². The van der Waals surface area contributed by atoms with Crippen LogP contribution in [-0.2, 0) is 22.4 Å². The van der Waals surface area contributed by atoms with Gasteiger partial charge in [0.05, 0.1) is 31.6 Å². The van der Waals surface area contributed by atoms with Gasteiger partial charge in [-0.1, -0.05) is 44.2 Å². The van der Waals surface area contributed by atoms with Gasteiger partial charge < -0.3 is 36.3 Å². The van der Waals surface area contributed by atoms with Crippen LogP contribution in [0.1, 0.15) is 62.6 Å². The number of ether oxygens (including phenoxy) is 1. The van der Waals surface area contributed by atoms with Crippen LogP contribution in [0.5, 0.6) is 5.75 Å². The second kappa shape index (κ2) is 15.4. The highest BCUT2D eigenvalue weighted by molar-refractivity contribution is 5.90. The fourth-order valence-electron chi connectivity index (χ4n) is 5.52. The second-order valence-corrected chi connectivity index (χ2v) is 11.2. The summed E-state index contributed by atoms with van der Waals surface area (Å²) >= 11 is 0. The molecule has 0 aliphatic heterocycles. The van der Waals surface area contributed by atoms with E-state index in [0.717, 1.165) is 44.1 Å². The molecule has 1 heterocycles. The summed E-state index contributed by atoms with van der Waals surface area (Å²) in [5, 5.41) is 27.6. The largest absolute Gasteiger partial charge is 0.497 e. The molecule has 2 fully saturated rings. The molecule has 11 heteroatoms. The highest BCUT2D eigenvalue weighted by Gasteiger charge is 2.40. The average Bonchev–Trinajstić information content (AvgIpc) is 3.68. The van der Waals surface area contributed by atoms with Crippen molar-refractivity contribution in [1.29, 1.82) is 0 Å². The van der Waals surface area contributed by atoms with Crippen LogP contribution < -0.4 is 21.1 Å². The lowest BCUT2D eigenvalue weighted by molar-refractivity contribution is -0.131. The van der Waals surface area contributed by atoms with Gasteiger partial charge in [-0.15, -0.1) is 12.4 Å². The molecule has 7 N–H and O–H groups in total. The maximum Gasteiger partial charge on any atom is 0.243 e. The molecular formula is C29H44ClN5O5. The number of imidazole rings is 1. The molecule has 0 saturated heterocycles. The number of H-pyrrole nitrogens is 1. The van der Waals surface area contributed by atoms with Gasteiger partial charge in [0.15, 0.2) is 0 Å². The van der Waals surface area contributed by atoms with E-state index in [1.807, 2.05) is 24.3 Å². The molecular weight excluding hydrogens is 534 g/mol. The number of hydrogen-bond acceptors (Lipinski definition) is 7. The van der Waals surface area contributed by atoms with Crippen LogP contribution in [0.25, 0.3) is 0 Å². The summed E-state index contributed by atoms with van der Waals surface area (Å²) in [6.07, 6.45) is 9.59. The predicted molar refractivity (Wildman–Crippen MR) is 154 cm³/mol. The summed E-state index contributed by atoms with van der Waals surface area (Å²) in [5.41, 5.74) is 7.78. The minimum Gasteiger partial charge on any atom is -0.497 e. The minimum atomic E-state index is -1.07. The molecule has 2 aliphatic carbocycles. The van der Waals surface area contributed by atoms with E-state index in [2.05, 4.69) is 20.6 Å². The van der Waals surface area contributed by atoms with E-state index in [1.54, 1.807) is 13.3 Å². The Labute approximate surface area is 242 Å². The van der Waals surface area contributed by atoms with Crippen molar-refractivity contribution < 1.29 is 24.5 Å². The third-order valence-electron chi connectivity index (χ3n) is 8.07. The van der Waals surface area contributed by atoms with Gasteiger partial charge in [0.25, 0.3) is 0 Å². The average molecular weight is 578 g/mol. The molecule has 2 amide bonds. The van der Waals surface area contributed by atoms with E-state index in [1.165, 1.54) is 12.7 Å². The van der Waals surface area contributed by atoms with E-state index in [-0.39, 0.29) is 24.7 Å². The molecule has 40 heavy (non-hydrogen) atoms. The molecule has 1 aromatic carbocycles. The molecule has 0 unspecified atom stereocenters. The number of aromatic nitrogens is 2. The fourth-order valence-corrected chi connectivity index (χ4v) is 5.52. The molecule has 10 nitrogen and oxygen atoms in total. The van der Waals surface area contributed by atoms with Crippen molar-refractivity contribution in [2.75, 3.05) is 7.11 Å². The van der Waals surface area contributed by atoms with Gasteiger partial charge >= 0.3 is 0 Å². The first-order valence-corrected chi connectivity index (χ1v) is 14.2. The third-order valence-corrected chi connectivity index (χ3v) is 8.07. The Morgan fingerprint density at radius 2 is 1.75 bits per heavy atom. The molecule has 0 spiro atoms. The zero-order chi connectivity index (χ0) is 27.8. The van der Waals surface area contributed by atoms with Crippen LogP contribution in [0.15, 0.2) is 36.8 Å². The van der Waals surface area contributed by atoms with E-state index >= 15 is 0 Å². The van der Waals surface area contributed by atoms with Crippen molar-refractivity contribution in [2.24, 2.45) is 17.6 Å². The van der Waals surface area contributed by atoms with Gasteiger partial charge in [0.2, 0.25) is 11.8 Å². The molecule has 2 aliphatic rings. The van der Waals surface area contributed by atoms with Crippen molar-refractivity contribution >= 4 is 24.2 Å². The topological polar surface area (TPSA) is 163 Å². The second-order valence-electron chi connectivity index (χ2n) is 11.2. The summed E-state index contributed by atoms with van der Waals surface area (Å²) in [5.74, 6) is 0.293. The number of benzene rings is 1. The van der Waals surface area contributed by atoms with Gasteiger partial charge in [-0.25, -0.2) is 4.98 Å². The Morgan fingerprint density at radius 1 is 1.05 bits per heavy atom. The Balaban J connectivity index is 0.00000441. The molecule has 2 aromatic rings. The molecule has 1 aromatic heterocycles. The maximum atomic E-state index is 13.6. The number of nitrogens with zero attached hydrogens (tertiary/aromatic N) is 1. The van der Waals surface area contributed by atoms with Crippen LogP contribution in [0.2, 0.25) is 0 Å². The molecule has 5 atom stereocenters. The number of aliphatic hydroxyl groups excluding tert-OH is 2. The first kappa shape index (κ1) is 31.9. The van der Waals surface area contributed by atoms with Gasteiger partial charge in [0, 0.05) is 18.3 Å². The third kappa shape index (κ3) is 9.19. The fraction of sp³-hybridized carbons (Fsp3) is 0.621. The van der Waals surface area contributed by atoms with Crippen molar-refractivity contribution in [3.63, 3.8) is 0 Å².